The SMILES string of the molecule is CCCCCCN1C(=O)/C(=C/C(=O)O)SC1=Nc1ccc(Cl)c(Cl)c1. The molecule has 1 saturated heterocycles. The highest BCUT2D eigenvalue weighted by molar-refractivity contribution is 8.18. The monoisotopic (exact) mass is 400 g/mol. The van der Waals surface area contributed by atoms with E-state index >= 15 is 0 Å². The van der Waals surface area contributed by atoms with Crippen LogP contribution < -0.4 is 0 Å². The Morgan fingerprint density at radius 2 is 2.04 bits per heavy atom. The molecular formula is C17H18Cl2N2O3S. The lowest BCUT2D eigenvalue weighted by atomic mass is 10.2. The van der Waals surface area contributed by atoms with Crippen LogP contribution in [0.5, 0.6) is 0 Å². The Bertz CT molecular complexity index is 735. The predicted molar refractivity (Wildman–Crippen MR) is 103 cm³/mol. The third kappa shape index (κ3) is 5.49. The van der Waals surface area contributed by atoms with Gasteiger partial charge in [-0.2, -0.15) is 0 Å². The summed E-state index contributed by atoms with van der Waals surface area (Å²) < 4.78 is 0. The Labute approximate surface area is 160 Å². The molecule has 5 nitrogen and oxygen atoms in total. The smallest absolute Gasteiger partial charge is 0.329 e. The molecule has 1 aromatic rings. The fraction of sp³-hybridized carbons (Fsp3) is 0.353. The summed E-state index contributed by atoms with van der Waals surface area (Å²) in [4.78, 5) is 29.5. The Hall–Kier alpha value is -1.50. The molecule has 0 aliphatic carbocycles. The molecule has 25 heavy (non-hydrogen) atoms. The second-order valence-electron chi connectivity index (χ2n) is 5.46. The van der Waals surface area contributed by atoms with E-state index in [1.807, 2.05) is 0 Å². The number of aliphatic imine (C=N–C) groups is 1. The van der Waals surface area contributed by atoms with E-state index in [4.69, 9.17) is 28.3 Å². The number of amides is 1. The van der Waals surface area contributed by atoms with Crippen molar-refractivity contribution in [3.05, 3.63) is 39.2 Å². The molecule has 134 valence electrons. The average Bonchev–Trinajstić information content (AvgIpc) is 2.83. The zero-order valence-electron chi connectivity index (χ0n) is 13.7. The summed E-state index contributed by atoms with van der Waals surface area (Å²) in [5.41, 5.74) is 0.555. The van der Waals surface area contributed by atoms with Gasteiger partial charge in [0, 0.05) is 12.6 Å². The van der Waals surface area contributed by atoms with Gasteiger partial charge in [-0.15, -0.1) is 0 Å². The molecular weight excluding hydrogens is 383 g/mol. The quantitative estimate of drug-likeness (QED) is 0.510. The molecule has 8 heteroatoms. The molecule has 0 saturated carbocycles. The van der Waals surface area contributed by atoms with Gasteiger partial charge in [-0.05, 0) is 36.4 Å². The minimum atomic E-state index is -1.16. The van der Waals surface area contributed by atoms with Gasteiger partial charge in [-0.3, -0.25) is 9.69 Å². The highest BCUT2D eigenvalue weighted by atomic mass is 35.5. The summed E-state index contributed by atoms with van der Waals surface area (Å²) in [5, 5.41) is 10.2. The number of thioether (sulfide) groups is 1. The summed E-state index contributed by atoms with van der Waals surface area (Å²) in [5.74, 6) is -1.49. The molecule has 1 aliphatic rings. The van der Waals surface area contributed by atoms with Crippen molar-refractivity contribution in [3.63, 3.8) is 0 Å². The van der Waals surface area contributed by atoms with Gasteiger partial charge in [0.15, 0.2) is 5.17 Å². The number of nitrogens with zero attached hydrogens (tertiary/aromatic N) is 2. The van der Waals surface area contributed by atoms with E-state index in [0.29, 0.717) is 27.4 Å². The molecule has 0 bridgehead atoms. The largest absolute Gasteiger partial charge is 0.478 e. The minimum absolute atomic E-state index is 0.154. The first-order chi connectivity index (χ1) is 11.9. The molecule has 1 fully saturated rings. The molecule has 1 amide bonds. The molecule has 1 aliphatic heterocycles. The molecule has 0 aromatic heterocycles. The number of carbonyl (C=O) groups is 2. The molecule has 2 rings (SSSR count). The topological polar surface area (TPSA) is 70.0 Å². The maximum atomic E-state index is 12.5. The van der Waals surface area contributed by atoms with Gasteiger partial charge < -0.3 is 5.11 Å². The fourth-order valence-corrected chi connectivity index (χ4v) is 3.54. The van der Waals surface area contributed by atoms with E-state index in [1.54, 1.807) is 18.2 Å². The summed E-state index contributed by atoms with van der Waals surface area (Å²) in [6, 6.07) is 4.93. The number of carboxylic acid groups (broad SMARTS) is 1. The van der Waals surface area contributed by atoms with E-state index in [-0.39, 0.29) is 10.8 Å². The van der Waals surface area contributed by atoms with Crippen molar-refractivity contribution in [2.24, 2.45) is 4.99 Å². The second-order valence-corrected chi connectivity index (χ2v) is 7.28. The van der Waals surface area contributed by atoms with E-state index in [1.165, 1.54) is 4.90 Å². The Morgan fingerprint density at radius 3 is 2.68 bits per heavy atom. The van der Waals surface area contributed by atoms with Crippen LogP contribution in [0.4, 0.5) is 5.69 Å². The van der Waals surface area contributed by atoms with Gasteiger partial charge in [-0.25, -0.2) is 9.79 Å². The van der Waals surface area contributed by atoms with Crippen molar-refractivity contribution in [3.8, 4) is 0 Å². The van der Waals surface area contributed by atoms with Crippen molar-refractivity contribution in [1.29, 1.82) is 0 Å². The summed E-state index contributed by atoms with van der Waals surface area (Å²) in [6.07, 6.45) is 4.94. The van der Waals surface area contributed by atoms with E-state index in [0.717, 1.165) is 43.5 Å². The zero-order valence-corrected chi connectivity index (χ0v) is 16.0. The number of aliphatic carboxylic acids is 1. The number of carboxylic acids is 1. The number of benzene rings is 1. The van der Waals surface area contributed by atoms with Gasteiger partial charge in [0.25, 0.3) is 5.91 Å². The molecule has 0 unspecified atom stereocenters. The fourth-order valence-electron chi connectivity index (χ4n) is 2.26. The molecule has 0 atom stereocenters. The third-order valence-corrected chi connectivity index (χ3v) is 5.25. The maximum absolute atomic E-state index is 12.5. The lowest BCUT2D eigenvalue weighted by Gasteiger charge is -2.15. The van der Waals surface area contributed by atoms with Gasteiger partial charge in [-0.1, -0.05) is 49.4 Å². The van der Waals surface area contributed by atoms with Crippen molar-refractivity contribution < 1.29 is 14.7 Å². The lowest BCUT2D eigenvalue weighted by Crippen LogP contribution is -2.30. The summed E-state index contributed by atoms with van der Waals surface area (Å²) in [6.45, 7) is 2.62. The van der Waals surface area contributed by atoms with Crippen molar-refractivity contribution >= 4 is 57.7 Å². The first-order valence-electron chi connectivity index (χ1n) is 7.90. The van der Waals surface area contributed by atoms with Crippen LogP contribution >= 0.6 is 35.0 Å². The number of carbonyl (C=O) groups excluding carboxylic acids is 1. The highest BCUT2D eigenvalue weighted by Gasteiger charge is 2.33. The zero-order chi connectivity index (χ0) is 18.4. The number of halogens is 2. The minimum Gasteiger partial charge on any atom is -0.478 e. The second kappa shape index (κ2) is 9.27. The van der Waals surface area contributed by atoms with Crippen LogP contribution in [0.1, 0.15) is 32.6 Å². The van der Waals surface area contributed by atoms with E-state index in [9.17, 15) is 9.59 Å². The number of hydrogen-bond donors (Lipinski definition) is 1. The van der Waals surface area contributed by atoms with Crippen LogP contribution in [0.2, 0.25) is 10.0 Å². The van der Waals surface area contributed by atoms with Crippen molar-refractivity contribution in [1.82, 2.24) is 4.90 Å². The molecule has 1 N–H and O–H groups in total. The first kappa shape index (κ1) is 19.8. The molecule has 0 radical (unpaired) electrons. The van der Waals surface area contributed by atoms with Crippen LogP contribution in [-0.2, 0) is 9.59 Å². The van der Waals surface area contributed by atoms with Crippen molar-refractivity contribution in [2.45, 2.75) is 32.6 Å². The Kier molecular flexibility index (Phi) is 7.35. The number of amidine groups is 1. The van der Waals surface area contributed by atoms with Gasteiger partial charge in [0.2, 0.25) is 0 Å². The normalized spacial score (nSPS) is 17.7. The lowest BCUT2D eigenvalue weighted by molar-refractivity contribution is -0.132. The number of rotatable bonds is 7. The van der Waals surface area contributed by atoms with Crippen molar-refractivity contribution in [2.75, 3.05) is 6.54 Å². The number of hydrogen-bond acceptors (Lipinski definition) is 4. The summed E-state index contributed by atoms with van der Waals surface area (Å²) >= 11 is 13.0. The van der Waals surface area contributed by atoms with Gasteiger partial charge in [0.05, 0.1) is 20.6 Å². The number of unbranched alkanes of at least 4 members (excludes halogenated alkanes) is 3. The summed E-state index contributed by atoms with van der Waals surface area (Å²) in [7, 11) is 0. The predicted octanol–water partition coefficient (Wildman–Crippen LogP) is 5.11. The highest BCUT2D eigenvalue weighted by Crippen LogP contribution is 2.34. The third-order valence-electron chi connectivity index (χ3n) is 3.51. The van der Waals surface area contributed by atoms with Crippen LogP contribution in [-0.4, -0.2) is 33.6 Å². The van der Waals surface area contributed by atoms with Gasteiger partial charge >= 0.3 is 5.97 Å². The van der Waals surface area contributed by atoms with E-state index in [2.05, 4.69) is 11.9 Å². The van der Waals surface area contributed by atoms with Crippen LogP contribution in [0.15, 0.2) is 34.2 Å². The van der Waals surface area contributed by atoms with Crippen LogP contribution in [0.25, 0.3) is 0 Å². The standard InChI is InChI=1S/C17H18Cl2N2O3S/c1-2-3-4-5-8-21-16(24)14(10-15(22)23)25-17(21)20-11-6-7-12(18)13(19)9-11/h6-7,9-10H,2-5,8H2,1H3,(H,22,23)/b14-10-,20-17?. The molecule has 1 aromatic carbocycles. The molecule has 0 spiro atoms. The molecule has 1 heterocycles. The first-order valence-corrected chi connectivity index (χ1v) is 9.47. The van der Waals surface area contributed by atoms with Gasteiger partial charge in [0.1, 0.15) is 0 Å². The maximum Gasteiger partial charge on any atom is 0.329 e. The van der Waals surface area contributed by atoms with Crippen LogP contribution in [0.3, 0.4) is 0 Å². The Morgan fingerprint density at radius 1 is 1.28 bits per heavy atom. The average molecular weight is 401 g/mol. The Balaban J connectivity index is 2.26. The van der Waals surface area contributed by atoms with E-state index < -0.39 is 5.97 Å². The van der Waals surface area contributed by atoms with Crippen LogP contribution in [0, 0.1) is 0 Å².